The highest BCUT2D eigenvalue weighted by atomic mass is 16.5. The number of morpholine rings is 1. The zero-order chi connectivity index (χ0) is 23.9. The molecule has 2 amide bonds. The number of carbonyl (C=O) groups is 2. The zero-order valence-electron chi connectivity index (χ0n) is 19.9. The lowest BCUT2D eigenvalue weighted by molar-refractivity contribution is -0.133. The van der Waals surface area contributed by atoms with Crippen LogP contribution >= 0.6 is 0 Å². The van der Waals surface area contributed by atoms with Gasteiger partial charge in [-0.05, 0) is 24.3 Å². The van der Waals surface area contributed by atoms with Gasteiger partial charge < -0.3 is 24.0 Å². The standard InChI is InChI=1S/C26H33N3O5/c1-20(30)29-11-10-28(19-24(29)23-8-3-4-9-25(23)32-2)26(31)21-6-5-7-22(18-21)34-17-14-27-12-15-33-16-13-27/h3-9,18,24H,10-17,19H2,1-2H3/t24-/m0/s1. The van der Waals surface area contributed by atoms with Crippen molar-refractivity contribution in [1.82, 2.24) is 14.7 Å². The van der Waals surface area contributed by atoms with E-state index in [0.717, 1.165) is 38.4 Å². The van der Waals surface area contributed by atoms with E-state index in [2.05, 4.69) is 4.90 Å². The van der Waals surface area contributed by atoms with Crippen LogP contribution in [0.4, 0.5) is 0 Å². The molecule has 0 spiro atoms. The average Bonchev–Trinajstić information content (AvgIpc) is 2.88. The van der Waals surface area contributed by atoms with Crippen molar-refractivity contribution < 1.29 is 23.8 Å². The number of carbonyl (C=O) groups excluding carboxylic acids is 2. The van der Waals surface area contributed by atoms with Gasteiger partial charge in [0, 0.05) is 57.3 Å². The smallest absolute Gasteiger partial charge is 0.254 e. The van der Waals surface area contributed by atoms with Crippen LogP contribution < -0.4 is 9.47 Å². The first kappa shape index (κ1) is 24.0. The largest absolute Gasteiger partial charge is 0.496 e. The molecule has 0 aromatic heterocycles. The third-order valence-electron chi connectivity index (χ3n) is 6.43. The number of piperazine rings is 1. The van der Waals surface area contributed by atoms with Gasteiger partial charge in [0.25, 0.3) is 5.91 Å². The Kier molecular flexibility index (Phi) is 8.03. The highest BCUT2D eigenvalue weighted by Gasteiger charge is 2.34. The normalized spacial score (nSPS) is 19.1. The molecule has 0 N–H and O–H groups in total. The highest BCUT2D eigenvalue weighted by Crippen LogP contribution is 2.32. The van der Waals surface area contributed by atoms with Crippen LogP contribution in [0, 0.1) is 0 Å². The summed E-state index contributed by atoms with van der Waals surface area (Å²) in [6.07, 6.45) is 0. The Hall–Kier alpha value is -3.10. The molecule has 182 valence electrons. The molecule has 0 unspecified atom stereocenters. The van der Waals surface area contributed by atoms with Crippen molar-refractivity contribution in [3.63, 3.8) is 0 Å². The van der Waals surface area contributed by atoms with Gasteiger partial charge in [0.05, 0.1) is 26.4 Å². The van der Waals surface area contributed by atoms with Gasteiger partial charge in [0.1, 0.15) is 18.1 Å². The second-order valence-corrected chi connectivity index (χ2v) is 8.55. The number of hydrogen-bond donors (Lipinski definition) is 0. The van der Waals surface area contributed by atoms with Crippen LogP contribution in [0.25, 0.3) is 0 Å². The second kappa shape index (κ2) is 11.4. The molecule has 0 bridgehead atoms. The lowest BCUT2D eigenvalue weighted by Crippen LogP contribution is -2.51. The van der Waals surface area contributed by atoms with Crippen LogP contribution in [0.1, 0.15) is 28.9 Å². The van der Waals surface area contributed by atoms with Crippen molar-refractivity contribution in [1.29, 1.82) is 0 Å². The maximum absolute atomic E-state index is 13.4. The fourth-order valence-corrected chi connectivity index (χ4v) is 4.57. The van der Waals surface area contributed by atoms with Gasteiger partial charge >= 0.3 is 0 Å². The Balaban J connectivity index is 1.44. The van der Waals surface area contributed by atoms with E-state index in [0.29, 0.717) is 43.3 Å². The van der Waals surface area contributed by atoms with E-state index in [9.17, 15) is 9.59 Å². The third kappa shape index (κ3) is 5.69. The van der Waals surface area contributed by atoms with E-state index in [1.807, 2.05) is 52.3 Å². The topological polar surface area (TPSA) is 71.5 Å². The quantitative estimate of drug-likeness (QED) is 0.623. The molecule has 8 nitrogen and oxygen atoms in total. The summed E-state index contributed by atoms with van der Waals surface area (Å²) in [5.74, 6) is 1.31. The fraction of sp³-hybridized carbons (Fsp3) is 0.462. The molecule has 0 saturated carbocycles. The first-order valence-corrected chi connectivity index (χ1v) is 11.8. The summed E-state index contributed by atoms with van der Waals surface area (Å²) >= 11 is 0. The lowest BCUT2D eigenvalue weighted by atomic mass is 10.00. The molecule has 4 rings (SSSR count). The number of hydrogen-bond acceptors (Lipinski definition) is 6. The Morgan fingerprint density at radius 1 is 1.03 bits per heavy atom. The van der Waals surface area contributed by atoms with Crippen LogP contribution in [-0.2, 0) is 9.53 Å². The van der Waals surface area contributed by atoms with E-state index >= 15 is 0 Å². The molecule has 8 heteroatoms. The predicted molar refractivity (Wildman–Crippen MR) is 128 cm³/mol. The van der Waals surface area contributed by atoms with Crippen molar-refractivity contribution >= 4 is 11.8 Å². The van der Waals surface area contributed by atoms with Crippen molar-refractivity contribution in [3.05, 3.63) is 59.7 Å². The van der Waals surface area contributed by atoms with Crippen LogP contribution in [0.2, 0.25) is 0 Å². The monoisotopic (exact) mass is 467 g/mol. The summed E-state index contributed by atoms with van der Waals surface area (Å²) in [5, 5.41) is 0. The molecular weight excluding hydrogens is 434 g/mol. The summed E-state index contributed by atoms with van der Waals surface area (Å²) in [5.41, 5.74) is 1.48. The minimum absolute atomic E-state index is 0.0151. The molecule has 2 aromatic carbocycles. The maximum Gasteiger partial charge on any atom is 0.254 e. The summed E-state index contributed by atoms with van der Waals surface area (Å²) in [4.78, 5) is 31.7. The van der Waals surface area contributed by atoms with E-state index in [1.165, 1.54) is 0 Å². The van der Waals surface area contributed by atoms with Crippen LogP contribution in [0.3, 0.4) is 0 Å². The summed E-state index contributed by atoms with van der Waals surface area (Å²) < 4.78 is 16.8. The van der Waals surface area contributed by atoms with E-state index < -0.39 is 0 Å². The molecule has 2 aromatic rings. The van der Waals surface area contributed by atoms with Gasteiger partial charge in [0.2, 0.25) is 5.91 Å². The van der Waals surface area contributed by atoms with Gasteiger partial charge in [-0.25, -0.2) is 0 Å². The molecule has 2 fully saturated rings. The maximum atomic E-state index is 13.4. The Labute approximate surface area is 201 Å². The molecule has 0 aliphatic carbocycles. The van der Waals surface area contributed by atoms with Gasteiger partial charge in [0.15, 0.2) is 0 Å². The molecule has 2 aliphatic heterocycles. The van der Waals surface area contributed by atoms with Gasteiger partial charge in [-0.1, -0.05) is 24.3 Å². The molecule has 2 aliphatic rings. The van der Waals surface area contributed by atoms with E-state index in [1.54, 1.807) is 20.1 Å². The first-order valence-electron chi connectivity index (χ1n) is 11.8. The van der Waals surface area contributed by atoms with Gasteiger partial charge in [-0.3, -0.25) is 14.5 Å². The molecule has 1 atom stereocenters. The first-order chi connectivity index (χ1) is 16.6. The number of benzene rings is 2. The number of nitrogens with zero attached hydrogens (tertiary/aromatic N) is 3. The molecule has 34 heavy (non-hydrogen) atoms. The average molecular weight is 468 g/mol. The van der Waals surface area contributed by atoms with Crippen LogP contribution in [-0.4, -0.2) is 92.7 Å². The van der Waals surface area contributed by atoms with Crippen molar-refractivity contribution in [3.8, 4) is 11.5 Å². The van der Waals surface area contributed by atoms with Crippen molar-refractivity contribution in [2.45, 2.75) is 13.0 Å². The third-order valence-corrected chi connectivity index (χ3v) is 6.43. The minimum Gasteiger partial charge on any atom is -0.496 e. The molecule has 2 heterocycles. The highest BCUT2D eigenvalue weighted by molar-refractivity contribution is 5.95. The number of rotatable bonds is 7. The predicted octanol–water partition coefficient (Wildman–Crippen LogP) is 2.45. The molecular formula is C26H33N3O5. The van der Waals surface area contributed by atoms with E-state index in [-0.39, 0.29) is 17.9 Å². The zero-order valence-corrected chi connectivity index (χ0v) is 19.9. The van der Waals surface area contributed by atoms with Crippen LogP contribution in [0.15, 0.2) is 48.5 Å². The minimum atomic E-state index is -0.265. The van der Waals surface area contributed by atoms with Crippen molar-refractivity contribution in [2.24, 2.45) is 0 Å². The summed E-state index contributed by atoms with van der Waals surface area (Å²) in [6, 6.07) is 14.7. The van der Waals surface area contributed by atoms with Crippen LogP contribution in [0.5, 0.6) is 11.5 Å². The number of para-hydroxylation sites is 1. The summed E-state index contributed by atoms with van der Waals surface area (Å²) in [7, 11) is 1.62. The Morgan fingerprint density at radius 3 is 2.59 bits per heavy atom. The Morgan fingerprint density at radius 2 is 1.82 bits per heavy atom. The number of ether oxygens (including phenoxy) is 3. The molecule has 2 saturated heterocycles. The van der Waals surface area contributed by atoms with Gasteiger partial charge in [-0.15, -0.1) is 0 Å². The fourth-order valence-electron chi connectivity index (χ4n) is 4.57. The Bertz CT molecular complexity index is 992. The molecule has 0 radical (unpaired) electrons. The van der Waals surface area contributed by atoms with Gasteiger partial charge in [-0.2, -0.15) is 0 Å². The number of methoxy groups -OCH3 is 1. The summed E-state index contributed by atoms with van der Waals surface area (Å²) in [6.45, 7) is 7.67. The van der Waals surface area contributed by atoms with Crippen molar-refractivity contribution in [2.75, 3.05) is 66.2 Å². The second-order valence-electron chi connectivity index (χ2n) is 8.55. The van der Waals surface area contributed by atoms with E-state index in [4.69, 9.17) is 14.2 Å². The number of amides is 2. The SMILES string of the molecule is COc1ccccc1[C@@H]1CN(C(=O)c2cccc(OCCN3CCOCC3)c2)CCN1C(C)=O. The lowest BCUT2D eigenvalue weighted by Gasteiger charge is -2.41.